The molecule has 1 unspecified atom stereocenters. The molecule has 4 nitrogen and oxygen atoms in total. The summed E-state index contributed by atoms with van der Waals surface area (Å²) in [6, 6.07) is 7.75. The average molecular weight is 275 g/mol. The first kappa shape index (κ1) is 14.6. The maximum atomic E-state index is 11.4. The lowest BCUT2D eigenvalue weighted by Crippen LogP contribution is -2.32. The van der Waals surface area contributed by atoms with Gasteiger partial charge in [0, 0.05) is 24.2 Å². The molecule has 2 atom stereocenters. The Balaban J connectivity index is 2.20. The van der Waals surface area contributed by atoms with Gasteiger partial charge in [-0.25, -0.2) is 4.79 Å². The van der Waals surface area contributed by atoms with E-state index in [0.717, 1.165) is 24.2 Å². The maximum absolute atomic E-state index is 11.4. The van der Waals surface area contributed by atoms with Crippen LogP contribution in [-0.2, 0) is 9.53 Å². The largest absolute Gasteiger partial charge is 0.463 e. The van der Waals surface area contributed by atoms with Gasteiger partial charge in [-0.1, -0.05) is 25.1 Å². The molecule has 0 spiro atoms. The van der Waals surface area contributed by atoms with Crippen LogP contribution in [0, 0.1) is 5.92 Å². The molecule has 20 heavy (non-hydrogen) atoms. The van der Waals surface area contributed by atoms with E-state index in [-0.39, 0.29) is 11.9 Å². The van der Waals surface area contributed by atoms with Crippen LogP contribution in [0.4, 0.5) is 5.69 Å². The predicted octanol–water partition coefficient (Wildman–Crippen LogP) is 2.43. The number of nitrogens with zero attached hydrogens (tertiary/aromatic N) is 1. The van der Waals surface area contributed by atoms with E-state index in [0.29, 0.717) is 6.61 Å². The lowest BCUT2D eigenvalue weighted by molar-refractivity contribution is -0.137. The SMILES string of the molecule is CCOC(=O)/C=C/c1ccccc1N1CC[C@@H](C)C1O. The van der Waals surface area contributed by atoms with E-state index in [9.17, 15) is 9.90 Å². The van der Waals surface area contributed by atoms with Crippen LogP contribution in [0.1, 0.15) is 25.8 Å². The first-order chi connectivity index (χ1) is 9.63. The van der Waals surface area contributed by atoms with Crippen molar-refractivity contribution in [2.24, 2.45) is 5.92 Å². The fourth-order valence-corrected chi connectivity index (χ4v) is 2.43. The molecule has 0 bridgehead atoms. The zero-order valence-electron chi connectivity index (χ0n) is 12.0. The quantitative estimate of drug-likeness (QED) is 0.677. The summed E-state index contributed by atoms with van der Waals surface area (Å²) in [6.45, 7) is 5.02. The Labute approximate surface area is 119 Å². The molecule has 0 saturated carbocycles. The zero-order valence-corrected chi connectivity index (χ0v) is 12.0. The molecule has 1 N–H and O–H groups in total. The third-order valence-electron chi connectivity index (χ3n) is 3.59. The number of benzene rings is 1. The van der Waals surface area contributed by atoms with Crippen LogP contribution >= 0.6 is 0 Å². The maximum Gasteiger partial charge on any atom is 0.330 e. The number of ether oxygens (including phenoxy) is 1. The van der Waals surface area contributed by atoms with Crippen molar-refractivity contribution in [3.05, 3.63) is 35.9 Å². The number of aliphatic hydroxyl groups is 1. The number of esters is 1. The average Bonchev–Trinajstić information content (AvgIpc) is 2.77. The number of aliphatic hydroxyl groups excluding tert-OH is 1. The van der Waals surface area contributed by atoms with Crippen molar-refractivity contribution < 1.29 is 14.6 Å². The highest BCUT2D eigenvalue weighted by molar-refractivity contribution is 5.88. The highest BCUT2D eigenvalue weighted by Gasteiger charge is 2.30. The highest BCUT2D eigenvalue weighted by atomic mass is 16.5. The van der Waals surface area contributed by atoms with Gasteiger partial charge in [-0.3, -0.25) is 0 Å². The van der Waals surface area contributed by atoms with Gasteiger partial charge >= 0.3 is 5.97 Å². The minimum Gasteiger partial charge on any atom is -0.463 e. The summed E-state index contributed by atoms with van der Waals surface area (Å²) in [5.74, 6) is -0.0882. The molecule has 0 radical (unpaired) electrons. The smallest absolute Gasteiger partial charge is 0.330 e. The lowest BCUT2D eigenvalue weighted by Gasteiger charge is -2.25. The van der Waals surface area contributed by atoms with Crippen LogP contribution in [0.3, 0.4) is 0 Å². The van der Waals surface area contributed by atoms with Crippen molar-refractivity contribution in [2.75, 3.05) is 18.1 Å². The van der Waals surface area contributed by atoms with Crippen LogP contribution in [0.5, 0.6) is 0 Å². The summed E-state index contributed by atoms with van der Waals surface area (Å²) in [4.78, 5) is 13.4. The second kappa shape index (κ2) is 6.57. The molecule has 1 saturated heterocycles. The van der Waals surface area contributed by atoms with Crippen molar-refractivity contribution >= 4 is 17.7 Å². The molecule has 1 fully saturated rings. The third-order valence-corrected chi connectivity index (χ3v) is 3.59. The van der Waals surface area contributed by atoms with Crippen LogP contribution < -0.4 is 4.90 Å². The summed E-state index contributed by atoms with van der Waals surface area (Å²) in [5, 5.41) is 10.2. The highest BCUT2D eigenvalue weighted by Crippen LogP contribution is 2.31. The van der Waals surface area contributed by atoms with E-state index in [4.69, 9.17) is 4.74 Å². The minimum absolute atomic E-state index is 0.261. The molecule has 4 heteroatoms. The fraction of sp³-hybridized carbons (Fsp3) is 0.438. The first-order valence-corrected chi connectivity index (χ1v) is 7.02. The standard InChI is InChI=1S/C16H21NO3/c1-3-20-15(18)9-8-13-6-4-5-7-14(13)17-11-10-12(2)16(17)19/h4-9,12,16,19H,3,10-11H2,1-2H3/b9-8+/t12-,16?/m1/s1. The zero-order chi connectivity index (χ0) is 14.5. The summed E-state index contributed by atoms with van der Waals surface area (Å²) in [5.41, 5.74) is 1.86. The van der Waals surface area contributed by atoms with Crippen LogP contribution in [0.2, 0.25) is 0 Å². The summed E-state index contributed by atoms with van der Waals surface area (Å²) in [7, 11) is 0. The lowest BCUT2D eigenvalue weighted by atomic mass is 10.1. The monoisotopic (exact) mass is 275 g/mol. The number of carbonyl (C=O) groups excluding carboxylic acids is 1. The van der Waals surface area contributed by atoms with Crippen molar-refractivity contribution in [3.63, 3.8) is 0 Å². The Morgan fingerprint density at radius 2 is 2.25 bits per heavy atom. The van der Waals surface area contributed by atoms with Gasteiger partial charge in [-0.05, 0) is 31.1 Å². The van der Waals surface area contributed by atoms with Gasteiger partial charge in [0.1, 0.15) is 6.23 Å². The van der Waals surface area contributed by atoms with E-state index in [2.05, 4.69) is 0 Å². The molecular weight excluding hydrogens is 254 g/mol. The molecule has 108 valence electrons. The van der Waals surface area contributed by atoms with Gasteiger partial charge in [0.2, 0.25) is 0 Å². The second-order valence-corrected chi connectivity index (χ2v) is 5.02. The summed E-state index contributed by atoms with van der Waals surface area (Å²) >= 11 is 0. The topological polar surface area (TPSA) is 49.8 Å². The number of anilines is 1. The predicted molar refractivity (Wildman–Crippen MR) is 79.2 cm³/mol. The van der Waals surface area contributed by atoms with Crippen LogP contribution in [-0.4, -0.2) is 30.5 Å². The number of para-hydroxylation sites is 1. The van der Waals surface area contributed by atoms with Crippen molar-refractivity contribution in [2.45, 2.75) is 26.5 Å². The number of rotatable bonds is 4. The second-order valence-electron chi connectivity index (χ2n) is 5.02. The van der Waals surface area contributed by atoms with Gasteiger partial charge in [0.15, 0.2) is 0 Å². The Morgan fingerprint density at radius 3 is 2.90 bits per heavy atom. The van der Waals surface area contributed by atoms with Crippen molar-refractivity contribution in [3.8, 4) is 0 Å². The van der Waals surface area contributed by atoms with Gasteiger partial charge in [0.05, 0.1) is 6.61 Å². The first-order valence-electron chi connectivity index (χ1n) is 7.02. The Bertz CT molecular complexity index is 498. The molecular formula is C16H21NO3. The Kier molecular flexibility index (Phi) is 4.79. The molecule has 0 aliphatic carbocycles. The summed E-state index contributed by atoms with van der Waals surface area (Å²) < 4.78 is 4.88. The Hall–Kier alpha value is -1.81. The molecule has 1 aromatic rings. The van der Waals surface area contributed by atoms with E-state index < -0.39 is 6.23 Å². The molecule has 0 aromatic heterocycles. The molecule has 0 amide bonds. The van der Waals surface area contributed by atoms with Crippen molar-refractivity contribution in [1.82, 2.24) is 0 Å². The van der Waals surface area contributed by atoms with E-state index in [1.54, 1.807) is 13.0 Å². The third kappa shape index (κ3) is 3.20. The normalized spacial score (nSPS) is 22.4. The van der Waals surface area contributed by atoms with Crippen LogP contribution in [0.15, 0.2) is 30.3 Å². The number of hydrogen-bond acceptors (Lipinski definition) is 4. The fourth-order valence-electron chi connectivity index (χ4n) is 2.43. The van der Waals surface area contributed by atoms with Gasteiger partial charge in [-0.15, -0.1) is 0 Å². The summed E-state index contributed by atoms with van der Waals surface area (Å²) in [6.07, 6.45) is 3.67. The molecule has 1 aromatic carbocycles. The number of carbonyl (C=O) groups is 1. The van der Waals surface area contributed by atoms with Gasteiger partial charge in [-0.2, -0.15) is 0 Å². The van der Waals surface area contributed by atoms with E-state index >= 15 is 0 Å². The van der Waals surface area contributed by atoms with Crippen molar-refractivity contribution in [1.29, 1.82) is 0 Å². The van der Waals surface area contributed by atoms with Crippen LogP contribution in [0.25, 0.3) is 6.08 Å². The molecule has 1 heterocycles. The van der Waals surface area contributed by atoms with E-state index in [1.165, 1.54) is 6.08 Å². The van der Waals surface area contributed by atoms with Gasteiger partial charge in [0.25, 0.3) is 0 Å². The van der Waals surface area contributed by atoms with Gasteiger partial charge < -0.3 is 14.7 Å². The van der Waals surface area contributed by atoms with E-state index in [1.807, 2.05) is 36.1 Å². The minimum atomic E-state index is -0.466. The number of hydrogen-bond donors (Lipinski definition) is 1. The molecule has 2 rings (SSSR count). The Morgan fingerprint density at radius 1 is 1.50 bits per heavy atom. The molecule has 1 aliphatic heterocycles. The molecule has 1 aliphatic rings.